The molecule has 0 atom stereocenters. The lowest BCUT2D eigenvalue weighted by molar-refractivity contribution is -0.115. The zero-order chi connectivity index (χ0) is 21.3. The third-order valence-corrected chi connectivity index (χ3v) is 5.53. The van der Waals surface area contributed by atoms with E-state index in [2.05, 4.69) is 47.8 Å². The van der Waals surface area contributed by atoms with Crippen LogP contribution in [0.1, 0.15) is 47.8 Å². The van der Waals surface area contributed by atoms with Crippen molar-refractivity contribution in [3.05, 3.63) is 83.1 Å². The Balaban J connectivity index is 1.44. The Morgan fingerprint density at radius 1 is 1.17 bits per heavy atom. The van der Waals surface area contributed by atoms with Gasteiger partial charge in [-0.25, -0.2) is 4.98 Å². The molecule has 0 aliphatic heterocycles. The Hall–Kier alpha value is -3.34. The number of imidazole rings is 1. The van der Waals surface area contributed by atoms with Crippen LogP contribution in [-0.2, 0) is 17.8 Å². The van der Waals surface area contributed by atoms with Crippen molar-refractivity contribution in [1.82, 2.24) is 9.55 Å². The number of benzene rings is 2. The minimum absolute atomic E-state index is 0.0532. The molecule has 2 aromatic carbocycles. The smallest absolute Gasteiger partial charge is 0.228 e. The van der Waals surface area contributed by atoms with Gasteiger partial charge in [-0.3, -0.25) is 4.79 Å². The number of hydrogen-bond donors (Lipinski definition) is 1. The molecule has 5 nitrogen and oxygen atoms in total. The largest absolute Gasteiger partial charge is 0.464 e. The van der Waals surface area contributed by atoms with Crippen LogP contribution in [0.15, 0.2) is 59.5 Å². The van der Waals surface area contributed by atoms with E-state index in [9.17, 15) is 4.79 Å². The van der Waals surface area contributed by atoms with Crippen LogP contribution >= 0.6 is 0 Å². The van der Waals surface area contributed by atoms with E-state index in [4.69, 9.17) is 4.42 Å². The summed E-state index contributed by atoms with van der Waals surface area (Å²) < 4.78 is 7.79. The van der Waals surface area contributed by atoms with E-state index in [0.29, 0.717) is 5.92 Å². The van der Waals surface area contributed by atoms with Crippen LogP contribution in [0.2, 0.25) is 0 Å². The monoisotopic (exact) mass is 401 g/mol. The molecule has 0 bridgehead atoms. The van der Waals surface area contributed by atoms with Crippen molar-refractivity contribution in [1.29, 1.82) is 0 Å². The fourth-order valence-corrected chi connectivity index (χ4v) is 3.84. The van der Waals surface area contributed by atoms with Crippen molar-refractivity contribution in [2.24, 2.45) is 0 Å². The van der Waals surface area contributed by atoms with Crippen molar-refractivity contribution >= 4 is 22.6 Å². The number of nitrogens with zero attached hydrogens (tertiary/aromatic N) is 2. The number of carbonyl (C=O) groups is 1. The zero-order valence-corrected chi connectivity index (χ0v) is 17.9. The molecule has 1 N–H and O–H groups in total. The molecule has 0 fully saturated rings. The van der Waals surface area contributed by atoms with Crippen LogP contribution < -0.4 is 5.32 Å². The molecule has 1 amide bonds. The fraction of sp³-hybridized carbons (Fsp3) is 0.280. The molecule has 0 aliphatic carbocycles. The molecule has 30 heavy (non-hydrogen) atoms. The van der Waals surface area contributed by atoms with E-state index in [1.807, 2.05) is 37.4 Å². The molecule has 0 spiro atoms. The normalized spacial score (nSPS) is 11.4. The number of furan rings is 1. The third-order valence-electron chi connectivity index (χ3n) is 5.53. The van der Waals surface area contributed by atoms with Crippen LogP contribution in [0.25, 0.3) is 11.0 Å². The fourth-order valence-electron chi connectivity index (χ4n) is 3.84. The molecule has 2 heterocycles. The van der Waals surface area contributed by atoms with Gasteiger partial charge in [0.1, 0.15) is 11.4 Å². The lowest BCUT2D eigenvalue weighted by Crippen LogP contribution is -2.14. The number of aromatic nitrogens is 2. The van der Waals surface area contributed by atoms with Gasteiger partial charge < -0.3 is 14.3 Å². The van der Waals surface area contributed by atoms with Crippen molar-refractivity contribution in [3.8, 4) is 0 Å². The first-order chi connectivity index (χ1) is 14.4. The Bertz CT molecular complexity index is 1180. The summed E-state index contributed by atoms with van der Waals surface area (Å²) in [7, 11) is 0. The lowest BCUT2D eigenvalue weighted by atomic mass is 9.95. The molecule has 0 unspecified atom stereocenters. The second-order valence-corrected chi connectivity index (χ2v) is 8.14. The molecule has 154 valence electrons. The first kappa shape index (κ1) is 20.0. The second kappa shape index (κ2) is 8.19. The molecule has 4 rings (SSSR count). The quantitative estimate of drug-likeness (QED) is 0.457. The topological polar surface area (TPSA) is 60.1 Å². The molecule has 0 saturated heterocycles. The number of carbonyl (C=O) groups excluding carboxylic acids is 1. The summed E-state index contributed by atoms with van der Waals surface area (Å²) in [6.07, 6.45) is 5.75. The van der Waals surface area contributed by atoms with Gasteiger partial charge in [-0.15, -0.1) is 0 Å². The van der Waals surface area contributed by atoms with Crippen LogP contribution in [0.3, 0.4) is 0 Å². The van der Waals surface area contributed by atoms with E-state index >= 15 is 0 Å². The Morgan fingerprint density at radius 3 is 2.60 bits per heavy atom. The van der Waals surface area contributed by atoms with Crippen LogP contribution in [0.4, 0.5) is 5.69 Å². The van der Waals surface area contributed by atoms with Gasteiger partial charge in [-0.05, 0) is 60.7 Å². The average Bonchev–Trinajstić information content (AvgIpc) is 3.28. The van der Waals surface area contributed by atoms with Crippen LogP contribution in [0, 0.1) is 13.8 Å². The molecule has 4 aromatic rings. The number of rotatable bonds is 6. The number of amides is 1. The summed E-state index contributed by atoms with van der Waals surface area (Å²) >= 11 is 0. The predicted molar refractivity (Wildman–Crippen MR) is 120 cm³/mol. The summed E-state index contributed by atoms with van der Waals surface area (Å²) in [4.78, 5) is 16.9. The maximum Gasteiger partial charge on any atom is 0.228 e. The van der Waals surface area contributed by atoms with Gasteiger partial charge in [0.2, 0.25) is 5.91 Å². The van der Waals surface area contributed by atoms with E-state index in [1.165, 1.54) is 11.1 Å². The molecular formula is C25H27N3O2. The Morgan fingerprint density at radius 2 is 1.93 bits per heavy atom. The minimum atomic E-state index is -0.0532. The maximum atomic E-state index is 12.6. The maximum absolute atomic E-state index is 12.6. The van der Waals surface area contributed by atoms with Gasteiger partial charge in [0.25, 0.3) is 0 Å². The molecule has 2 aromatic heterocycles. The molecule has 0 radical (unpaired) electrons. The van der Waals surface area contributed by atoms with E-state index in [-0.39, 0.29) is 12.3 Å². The predicted octanol–water partition coefficient (Wildman–Crippen LogP) is 5.60. The number of fused-ring (bicyclic) bond motifs is 1. The highest BCUT2D eigenvalue weighted by Gasteiger charge is 2.14. The highest BCUT2D eigenvalue weighted by molar-refractivity contribution is 5.95. The van der Waals surface area contributed by atoms with Crippen molar-refractivity contribution < 1.29 is 9.21 Å². The summed E-state index contributed by atoms with van der Waals surface area (Å²) in [6, 6.07) is 12.2. The van der Waals surface area contributed by atoms with E-state index in [0.717, 1.165) is 40.2 Å². The van der Waals surface area contributed by atoms with Crippen molar-refractivity contribution in [2.45, 2.75) is 46.6 Å². The van der Waals surface area contributed by atoms with Crippen LogP contribution in [-0.4, -0.2) is 15.5 Å². The van der Waals surface area contributed by atoms with E-state index < -0.39 is 0 Å². The number of hydrogen-bond acceptors (Lipinski definition) is 3. The molecule has 5 heteroatoms. The molecule has 0 aliphatic rings. The van der Waals surface area contributed by atoms with E-state index in [1.54, 1.807) is 12.5 Å². The van der Waals surface area contributed by atoms with Gasteiger partial charge in [0.05, 0.1) is 12.7 Å². The van der Waals surface area contributed by atoms with Gasteiger partial charge in [0, 0.05) is 35.6 Å². The van der Waals surface area contributed by atoms with Crippen LogP contribution in [0.5, 0.6) is 0 Å². The SMILES string of the molecule is Cc1cc2occ(CC(=O)Nc3ccc(Cn4ccnc4C)cc3)c2cc1C(C)C. The minimum Gasteiger partial charge on any atom is -0.464 e. The summed E-state index contributed by atoms with van der Waals surface area (Å²) in [5.41, 5.74) is 6.20. The molecule has 0 saturated carbocycles. The van der Waals surface area contributed by atoms with Gasteiger partial charge >= 0.3 is 0 Å². The number of nitrogens with one attached hydrogen (secondary N) is 1. The first-order valence-electron chi connectivity index (χ1n) is 10.3. The summed E-state index contributed by atoms with van der Waals surface area (Å²) in [5, 5.41) is 4.01. The Labute approximate surface area is 176 Å². The zero-order valence-electron chi connectivity index (χ0n) is 17.9. The standard InChI is InChI=1S/C25H27N3O2/c1-16(2)22-13-23-20(15-30-24(23)11-17(22)3)12-25(29)27-21-7-5-19(6-8-21)14-28-10-9-26-18(28)4/h5-11,13,15-16H,12,14H2,1-4H3,(H,27,29). The third kappa shape index (κ3) is 4.15. The summed E-state index contributed by atoms with van der Waals surface area (Å²) in [5.74, 6) is 1.36. The van der Waals surface area contributed by atoms with Gasteiger partial charge in [-0.2, -0.15) is 0 Å². The second-order valence-electron chi connectivity index (χ2n) is 8.14. The summed E-state index contributed by atoms with van der Waals surface area (Å²) in [6.45, 7) is 9.20. The van der Waals surface area contributed by atoms with Gasteiger partial charge in [0.15, 0.2) is 0 Å². The molecular weight excluding hydrogens is 374 g/mol. The first-order valence-corrected chi connectivity index (χ1v) is 10.3. The highest BCUT2D eigenvalue weighted by atomic mass is 16.3. The highest BCUT2D eigenvalue weighted by Crippen LogP contribution is 2.29. The lowest BCUT2D eigenvalue weighted by Gasteiger charge is -2.10. The average molecular weight is 402 g/mol. The number of anilines is 1. The number of aryl methyl sites for hydroxylation is 2. The Kier molecular flexibility index (Phi) is 5.44. The van der Waals surface area contributed by atoms with Crippen molar-refractivity contribution in [3.63, 3.8) is 0 Å². The van der Waals surface area contributed by atoms with Gasteiger partial charge in [-0.1, -0.05) is 26.0 Å². The van der Waals surface area contributed by atoms with Crippen molar-refractivity contribution in [2.75, 3.05) is 5.32 Å².